The van der Waals surface area contributed by atoms with Crippen molar-refractivity contribution in [2.24, 2.45) is 0 Å². The molecule has 3 aromatic rings. The number of hydrogen-bond donors (Lipinski definition) is 1. The fourth-order valence-electron chi connectivity index (χ4n) is 2.17. The Morgan fingerprint density at radius 1 is 1.12 bits per heavy atom. The van der Waals surface area contributed by atoms with E-state index in [1.165, 1.54) is 5.56 Å². The number of rotatable bonds is 0. The zero-order valence-corrected chi connectivity index (χ0v) is 8.94. The molecular formula is C14H11NO. The first-order valence-electron chi connectivity index (χ1n) is 5.23. The number of phenols is 1. The molecule has 0 saturated heterocycles. The Labute approximate surface area is 93.2 Å². The van der Waals surface area contributed by atoms with E-state index in [1.54, 1.807) is 12.3 Å². The summed E-state index contributed by atoms with van der Waals surface area (Å²) in [7, 11) is 0. The molecule has 0 saturated carbocycles. The van der Waals surface area contributed by atoms with Crippen LogP contribution in [0.3, 0.4) is 0 Å². The van der Waals surface area contributed by atoms with E-state index in [1.807, 2.05) is 24.3 Å². The van der Waals surface area contributed by atoms with Crippen molar-refractivity contribution in [1.29, 1.82) is 0 Å². The number of fused-ring (bicyclic) bond motifs is 3. The molecule has 3 rings (SSSR count). The van der Waals surface area contributed by atoms with Gasteiger partial charge in [0.05, 0.1) is 5.52 Å². The normalized spacial score (nSPS) is 11.1. The number of aryl methyl sites for hydroxylation is 1. The molecule has 0 bridgehead atoms. The Bertz CT molecular complexity index is 689. The third-order valence-corrected chi connectivity index (χ3v) is 2.92. The Balaban J connectivity index is 2.67. The molecule has 1 heterocycles. The van der Waals surface area contributed by atoms with Crippen molar-refractivity contribution in [3.05, 3.63) is 48.2 Å². The Hall–Kier alpha value is -2.09. The van der Waals surface area contributed by atoms with E-state index >= 15 is 0 Å². The first-order chi connectivity index (χ1) is 7.77. The topological polar surface area (TPSA) is 33.1 Å². The second kappa shape index (κ2) is 3.20. The molecule has 0 unspecified atom stereocenters. The molecule has 0 aliphatic carbocycles. The maximum absolute atomic E-state index is 9.92. The Kier molecular flexibility index (Phi) is 1.83. The smallest absolute Gasteiger partial charge is 0.125 e. The van der Waals surface area contributed by atoms with Gasteiger partial charge in [-0.05, 0) is 36.1 Å². The van der Waals surface area contributed by atoms with Gasteiger partial charge in [0.15, 0.2) is 0 Å². The van der Waals surface area contributed by atoms with Crippen molar-refractivity contribution in [3.8, 4) is 5.75 Å². The number of hydrogen-bond acceptors (Lipinski definition) is 2. The van der Waals surface area contributed by atoms with Crippen LogP contribution in [0.25, 0.3) is 21.7 Å². The highest BCUT2D eigenvalue weighted by Gasteiger charge is 2.07. The largest absolute Gasteiger partial charge is 0.507 e. The lowest BCUT2D eigenvalue weighted by molar-refractivity contribution is 0.482. The van der Waals surface area contributed by atoms with Crippen LogP contribution >= 0.6 is 0 Å². The van der Waals surface area contributed by atoms with E-state index in [9.17, 15) is 5.11 Å². The minimum atomic E-state index is 0.293. The summed E-state index contributed by atoms with van der Waals surface area (Å²) in [4.78, 5) is 4.37. The van der Waals surface area contributed by atoms with E-state index in [0.29, 0.717) is 5.75 Å². The maximum atomic E-state index is 9.92. The summed E-state index contributed by atoms with van der Waals surface area (Å²) in [5.41, 5.74) is 2.05. The highest BCUT2D eigenvalue weighted by molar-refractivity contribution is 6.09. The fourth-order valence-corrected chi connectivity index (χ4v) is 2.17. The van der Waals surface area contributed by atoms with Crippen LogP contribution in [0.5, 0.6) is 5.75 Å². The molecule has 78 valence electrons. The number of nitrogens with zero attached hydrogens (tertiary/aromatic N) is 1. The lowest BCUT2D eigenvalue weighted by Crippen LogP contribution is -1.85. The van der Waals surface area contributed by atoms with Gasteiger partial charge in [0.1, 0.15) is 5.75 Å². The molecule has 0 aliphatic rings. The van der Waals surface area contributed by atoms with Crippen LogP contribution in [-0.2, 0) is 0 Å². The standard InChI is InChI=1S/C14H11NO/c1-9-4-2-5-10-8-12(16)11-6-3-7-15-14(11)13(9)10/h2-8,16H,1H3. The Morgan fingerprint density at radius 3 is 2.88 bits per heavy atom. The van der Waals surface area contributed by atoms with Crippen molar-refractivity contribution in [3.63, 3.8) is 0 Å². The van der Waals surface area contributed by atoms with E-state index in [0.717, 1.165) is 21.7 Å². The van der Waals surface area contributed by atoms with Crippen LogP contribution in [0, 0.1) is 6.92 Å². The summed E-state index contributed by atoms with van der Waals surface area (Å²) in [6.45, 7) is 2.06. The summed E-state index contributed by atoms with van der Waals surface area (Å²) < 4.78 is 0. The quantitative estimate of drug-likeness (QED) is 0.575. The minimum absolute atomic E-state index is 0.293. The summed E-state index contributed by atoms with van der Waals surface area (Å²) in [5, 5.41) is 12.9. The summed E-state index contributed by atoms with van der Waals surface area (Å²) in [6, 6.07) is 11.6. The van der Waals surface area contributed by atoms with Crippen molar-refractivity contribution in [2.75, 3.05) is 0 Å². The first-order valence-corrected chi connectivity index (χ1v) is 5.23. The van der Waals surface area contributed by atoms with Crippen molar-refractivity contribution in [2.45, 2.75) is 6.92 Å². The molecule has 0 amide bonds. The molecule has 0 aliphatic heterocycles. The molecule has 0 radical (unpaired) electrons. The predicted molar refractivity (Wildman–Crippen MR) is 65.7 cm³/mol. The molecule has 16 heavy (non-hydrogen) atoms. The molecule has 0 spiro atoms. The number of benzene rings is 2. The monoisotopic (exact) mass is 209 g/mol. The van der Waals surface area contributed by atoms with Gasteiger partial charge in [-0.1, -0.05) is 18.2 Å². The van der Waals surface area contributed by atoms with Crippen molar-refractivity contribution < 1.29 is 5.11 Å². The highest BCUT2D eigenvalue weighted by Crippen LogP contribution is 2.32. The third kappa shape index (κ3) is 1.16. The lowest BCUT2D eigenvalue weighted by Gasteiger charge is -2.07. The number of aromatic hydroxyl groups is 1. The molecule has 0 fully saturated rings. The molecule has 1 aromatic heterocycles. The average molecular weight is 209 g/mol. The van der Waals surface area contributed by atoms with E-state index in [2.05, 4.69) is 18.0 Å². The molecule has 0 atom stereocenters. The van der Waals surface area contributed by atoms with Crippen LogP contribution in [0.4, 0.5) is 0 Å². The fraction of sp³-hybridized carbons (Fsp3) is 0.0714. The molecular weight excluding hydrogens is 198 g/mol. The zero-order valence-electron chi connectivity index (χ0n) is 8.94. The number of aromatic nitrogens is 1. The number of pyridine rings is 1. The lowest BCUT2D eigenvalue weighted by atomic mass is 10.0. The Morgan fingerprint density at radius 2 is 2.00 bits per heavy atom. The molecule has 2 aromatic carbocycles. The van der Waals surface area contributed by atoms with Crippen LogP contribution in [-0.4, -0.2) is 10.1 Å². The van der Waals surface area contributed by atoms with E-state index in [-0.39, 0.29) is 0 Å². The summed E-state index contributed by atoms with van der Waals surface area (Å²) >= 11 is 0. The second-order valence-corrected chi connectivity index (χ2v) is 3.97. The van der Waals surface area contributed by atoms with Crippen molar-refractivity contribution >= 4 is 21.7 Å². The second-order valence-electron chi connectivity index (χ2n) is 3.97. The van der Waals surface area contributed by atoms with Crippen LogP contribution in [0.2, 0.25) is 0 Å². The van der Waals surface area contributed by atoms with Gasteiger partial charge in [-0.15, -0.1) is 0 Å². The number of phenolic OH excluding ortho intramolecular Hbond substituents is 1. The molecule has 2 heteroatoms. The highest BCUT2D eigenvalue weighted by atomic mass is 16.3. The van der Waals surface area contributed by atoms with Gasteiger partial charge < -0.3 is 5.11 Å². The van der Waals surface area contributed by atoms with Crippen LogP contribution in [0.1, 0.15) is 5.56 Å². The predicted octanol–water partition coefficient (Wildman–Crippen LogP) is 3.40. The minimum Gasteiger partial charge on any atom is -0.507 e. The van der Waals surface area contributed by atoms with Crippen LogP contribution in [0.15, 0.2) is 42.6 Å². The summed E-state index contributed by atoms with van der Waals surface area (Å²) in [6.07, 6.45) is 1.76. The van der Waals surface area contributed by atoms with Gasteiger partial charge in [-0.2, -0.15) is 0 Å². The van der Waals surface area contributed by atoms with Crippen molar-refractivity contribution in [1.82, 2.24) is 4.98 Å². The molecule has 1 N–H and O–H groups in total. The maximum Gasteiger partial charge on any atom is 0.125 e. The first kappa shape index (κ1) is 9.16. The average Bonchev–Trinajstić information content (AvgIpc) is 2.29. The zero-order chi connectivity index (χ0) is 11.1. The van der Waals surface area contributed by atoms with Crippen LogP contribution < -0.4 is 0 Å². The summed E-state index contributed by atoms with van der Waals surface area (Å²) in [5.74, 6) is 0.293. The molecule has 2 nitrogen and oxygen atoms in total. The van der Waals surface area contributed by atoms with Gasteiger partial charge in [0.25, 0.3) is 0 Å². The van der Waals surface area contributed by atoms with Gasteiger partial charge in [0, 0.05) is 17.0 Å². The SMILES string of the molecule is Cc1cccc2cc(O)c3cccnc3c12. The van der Waals surface area contributed by atoms with E-state index < -0.39 is 0 Å². The third-order valence-electron chi connectivity index (χ3n) is 2.92. The van der Waals surface area contributed by atoms with Gasteiger partial charge >= 0.3 is 0 Å². The van der Waals surface area contributed by atoms with Gasteiger partial charge in [0.2, 0.25) is 0 Å². The van der Waals surface area contributed by atoms with E-state index in [4.69, 9.17) is 0 Å². The van der Waals surface area contributed by atoms with Gasteiger partial charge in [-0.25, -0.2) is 0 Å². The van der Waals surface area contributed by atoms with Gasteiger partial charge in [-0.3, -0.25) is 4.98 Å².